The summed E-state index contributed by atoms with van der Waals surface area (Å²) in [6, 6.07) is -0.00636. The van der Waals surface area contributed by atoms with Gasteiger partial charge in [-0.15, -0.1) is 5.10 Å². The quantitative estimate of drug-likeness (QED) is 0.839. The number of carbonyl (C=O) groups excluding carboxylic acids is 1. The highest BCUT2D eigenvalue weighted by molar-refractivity contribution is 5.74. The molecule has 0 saturated carbocycles. The van der Waals surface area contributed by atoms with Gasteiger partial charge in [0.1, 0.15) is 0 Å². The van der Waals surface area contributed by atoms with Crippen molar-refractivity contribution < 1.29 is 9.53 Å². The van der Waals surface area contributed by atoms with E-state index in [4.69, 9.17) is 4.74 Å². The summed E-state index contributed by atoms with van der Waals surface area (Å²) in [6.45, 7) is 2.84. The van der Waals surface area contributed by atoms with Gasteiger partial charge in [-0.1, -0.05) is 6.42 Å². The molecule has 1 aromatic rings. The van der Waals surface area contributed by atoms with Crippen LogP contribution in [0.1, 0.15) is 25.1 Å². The van der Waals surface area contributed by atoms with E-state index in [0.717, 1.165) is 38.2 Å². The van der Waals surface area contributed by atoms with Gasteiger partial charge in [0.2, 0.25) is 0 Å². The van der Waals surface area contributed by atoms with E-state index in [1.54, 1.807) is 18.8 Å². The molecule has 2 amide bonds. The van der Waals surface area contributed by atoms with Gasteiger partial charge in [0.15, 0.2) is 5.82 Å². The Labute approximate surface area is 124 Å². The molecular formula is C13H24N6O2. The third-order valence-corrected chi connectivity index (χ3v) is 3.79. The molecular weight excluding hydrogens is 272 g/mol. The monoisotopic (exact) mass is 296 g/mol. The second kappa shape index (κ2) is 7.92. The van der Waals surface area contributed by atoms with Gasteiger partial charge in [0.05, 0.1) is 6.61 Å². The van der Waals surface area contributed by atoms with Gasteiger partial charge >= 0.3 is 6.03 Å². The zero-order valence-corrected chi connectivity index (χ0v) is 12.8. The van der Waals surface area contributed by atoms with E-state index in [0.29, 0.717) is 25.5 Å². The number of methoxy groups -OCH3 is 1. The lowest BCUT2D eigenvalue weighted by atomic mass is 10.1. The molecule has 1 N–H and O–H groups in total. The average Bonchev–Trinajstić information content (AvgIpc) is 2.74. The number of hydrogen-bond acceptors (Lipinski definition) is 5. The van der Waals surface area contributed by atoms with Gasteiger partial charge in [0, 0.05) is 40.2 Å². The van der Waals surface area contributed by atoms with Gasteiger partial charge < -0.3 is 15.0 Å². The van der Waals surface area contributed by atoms with Crippen molar-refractivity contribution in [1.29, 1.82) is 0 Å². The SMILES string of the molecule is COCC1CCCCN(C(=O)NCCc2nnnn2C)C1. The first-order valence-electron chi connectivity index (χ1n) is 7.43. The molecule has 2 heterocycles. The maximum atomic E-state index is 12.2. The molecule has 2 rings (SSSR count). The molecule has 118 valence electrons. The van der Waals surface area contributed by atoms with Gasteiger partial charge in [-0.2, -0.15) is 0 Å². The number of tetrazole rings is 1. The Balaban J connectivity index is 1.77. The van der Waals surface area contributed by atoms with Crippen LogP contribution in [0.3, 0.4) is 0 Å². The predicted octanol–water partition coefficient (Wildman–Crippen LogP) is 0.211. The van der Waals surface area contributed by atoms with Crippen LogP contribution < -0.4 is 5.32 Å². The van der Waals surface area contributed by atoms with E-state index < -0.39 is 0 Å². The van der Waals surface area contributed by atoms with Crippen molar-refractivity contribution in [2.45, 2.75) is 25.7 Å². The van der Waals surface area contributed by atoms with Crippen LogP contribution in [-0.4, -0.2) is 64.5 Å². The summed E-state index contributed by atoms with van der Waals surface area (Å²) >= 11 is 0. The summed E-state index contributed by atoms with van der Waals surface area (Å²) in [5.74, 6) is 1.20. The van der Waals surface area contributed by atoms with Crippen LogP contribution in [0.5, 0.6) is 0 Å². The Morgan fingerprint density at radius 1 is 1.48 bits per heavy atom. The molecule has 21 heavy (non-hydrogen) atoms. The number of aryl methyl sites for hydroxylation is 1. The molecule has 1 fully saturated rings. The molecule has 8 heteroatoms. The van der Waals surface area contributed by atoms with E-state index in [1.807, 2.05) is 4.90 Å². The number of likely N-dealkylation sites (tertiary alicyclic amines) is 1. The summed E-state index contributed by atoms with van der Waals surface area (Å²) in [4.78, 5) is 14.1. The third kappa shape index (κ3) is 4.66. The van der Waals surface area contributed by atoms with Crippen LogP contribution in [0.15, 0.2) is 0 Å². The lowest BCUT2D eigenvalue weighted by Gasteiger charge is -2.24. The number of nitrogens with zero attached hydrogens (tertiary/aromatic N) is 5. The van der Waals surface area contributed by atoms with Crippen LogP contribution in [0.25, 0.3) is 0 Å². The fourth-order valence-corrected chi connectivity index (χ4v) is 2.64. The summed E-state index contributed by atoms with van der Waals surface area (Å²) < 4.78 is 6.84. The first-order valence-corrected chi connectivity index (χ1v) is 7.43. The Morgan fingerprint density at radius 3 is 3.05 bits per heavy atom. The molecule has 0 radical (unpaired) electrons. The maximum Gasteiger partial charge on any atom is 0.317 e. The average molecular weight is 296 g/mol. The minimum Gasteiger partial charge on any atom is -0.384 e. The van der Waals surface area contributed by atoms with Gasteiger partial charge in [-0.25, -0.2) is 9.48 Å². The standard InChI is InChI=1S/C13H24N6O2/c1-18-12(15-16-17-18)6-7-14-13(20)19-8-4-3-5-11(9-19)10-21-2/h11H,3-10H2,1-2H3,(H,14,20). The summed E-state index contributed by atoms with van der Waals surface area (Å²) in [5, 5.41) is 14.2. The molecule has 1 aliphatic heterocycles. The van der Waals surface area contributed by atoms with E-state index >= 15 is 0 Å². The molecule has 0 aliphatic carbocycles. The smallest absolute Gasteiger partial charge is 0.317 e. The van der Waals surface area contributed by atoms with Gasteiger partial charge in [-0.3, -0.25) is 0 Å². The number of urea groups is 1. The molecule has 1 aromatic heterocycles. The molecule has 1 saturated heterocycles. The zero-order valence-electron chi connectivity index (χ0n) is 12.8. The number of amides is 2. The summed E-state index contributed by atoms with van der Waals surface area (Å²) in [5.41, 5.74) is 0. The van der Waals surface area contributed by atoms with Gasteiger partial charge in [-0.05, 0) is 29.2 Å². The minimum atomic E-state index is -0.00636. The van der Waals surface area contributed by atoms with Crippen molar-refractivity contribution in [3.8, 4) is 0 Å². The van der Waals surface area contributed by atoms with E-state index in [-0.39, 0.29) is 6.03 Å². The van der Waals surface area contributed by atoms with Crippen molar-refractivity contribution >= 4 is 6.03 Å². The van der Waals surface area contributed by atoms with Crippen LogP contribution >= 0.6 is 0 Å². The number of hydrogen-bond donors (Lipinski definition) is 1. The van der Waals surface area contributed by atoms with Crippen LogP contribution in [0.2, 0.25) is 0 Å². The third-order valence-electron chi connectivity index (χ3n) is 3.79. The van der Waals surface area contributed by atoms with Crippen molar-refractivity contribution in [1.82, 2.24) is 30.4 Å². The topological polar surface area (TPSA) is 85.2 Å². The fourth-order valence-electron chi connectivity index (χ4n) is 2.64. The second-order valence-corrected chi connectivity index (χ2v) is 5.46. The maximum absolute atomic E-state index is 12.2. The van der Waals surface area contributed by atoms with Crippen molar-refractivity contribution in [2.75, 3.05) is 33.4 Å². The Bertz CT molecular complexity index is 450. The molecule has 0 bridgehead atoms. The largest absolute Gasteiger partial charge is 0.384 e. The van der Waals surface area contributed by atoms with E-state index in [1.165, 1.54) is 0 Å². The Kier molecular flexibility index (Phi) is 5.91. The predicted molar refractivity (Wildman–Crippen MR) is 76.7 cm³/mol. The van der Waals surface area contributed by atoms with Crippen LogP contribution in [0, 0.1) is 5.92 Å². The molecule has 1 atom stereocenters. The highest BCUT2D eigenvalue weighted by Crippen LogP contribution is 2.16. The highest BCUT2D eigenvalue weighted by Gasteiger charge is 2.21. The first-order chi connectivity index (χ1) is 10.2. The fraction of sp³-hybridized carbons (Fsp3) is 0.846. The van der Waals surface area contributed by atoms with Gasteiger partial charge in [0.25, 0.3) is 0 Å². The zero-order chi connectivity index (χ0) is 15.1. The number of nitrogens with one attached hydrogen (secondary N) is 1. The summed E-state index contributed by atoms with van der Waals surface area (Å²) in [7, 11) is 3.51. The van der Waals surface area contributed by atoms with Crippen molar-refractivity contribution in [3.05, 3.63) is 5.82 Å². The molecule has 8 nitrogen and oxygen atoms in total. The normalized spacial score (nSPS) is 19.3. The number of rotatable bonds is 5. The lowest BCUT2D eigenvalue weighted by molar-refractivity contribution is 0.129. The number of ether oxygens (including phenoxy) is 1. The lowest BCUT2D eigenvalue weighted by Crippen LogP contribution is -2.43. The van der Waals surface area contributed by atoms with E-state index in [2.05, 4.69) is 20.8 Å². The second-order valence-electron chi connectivity index (χ2n) is 5.46. The first kappa shape index (κ1) is 15.7. The molecule has 0 spiro atoms. The highest BCUT2D eigenvalue weighted by atomic mass is 16.5. The number of carbonyl (C=O) groups is 1. The Morgan fingerprint density at radius 2 is 2.33 bits per heavy atom. The van der Waals surface area contributed by atoms with Crippen molar-refractivity contribution in [2.24, 2.45) is 13.0 Å². The molecule has 1 unspecified atom stereocenters. The van der Waals surface area contributed by atoms with Crippen LogP contribution in [0.4, 0.5) is 4.79 Å². The number of aromatic nitrogens is 4. The minimum absolute atomic E-state index is 0.00636. The molecule has 1 aliphatic rings. The van der Waals surface area contributed by atoms with E-state index in [9.17, 15) is 4.79 Å². The van der Waals surface area contributed by atoms with Crippen molar-refractivity contribution in [3.63, 3.8) is 0 Å². The summed E-state index contributed by atoms with van der Waals surface area (Å²) in [6.07, 6.45) is 3.97. The Hall–Kier alpha value is -1.70. The molecule has 0 aromatic carbocycles. The van der Waals surface area contributed by atoms with Crippen LogP contribution in [-0.2, 0) is 18.2 Å².